The standard InChI is InChI=1S/C22H24N2O5S/c1-28-30(26,27)18-11-8-10-17(15-18)9-4-2-3-5-13-20(25)22-24-16-21(29-22)19-12-6-7-14-23-19/h6-8,10-12,14-16H,2-5,9,13H2,1H3. The number of benzene rings is 1. The molecular weight excluding hydrogens is 404 g/mol. The van der Waals surface area contributed by atoms with Crippen LogP contribution in [0, 0.1) is 0 Å². The van der Waals surface area contributed by atoms with Gasteiger partial charge in [0, 0.05) is 12.6 Å². The van der Waals surface area contributed by atoms with Crippen molar-refractivity contribution in [3.8, 4) is 11.5 Å². The van der Waals surface area contributed by atoms with Crippen LogP contribution in [0.1, 0.15) is 48.4 Å². The van der Waals surface area contributed by atoms with Gasteiger partial charge in [-0.15, -0.1) is 0 Å². The van der Waals surface area contributed by atoms with Crippen molar-refractivity contribution in [1.82, 2.24) is 9.97 Å². The van der Waals surface area contributed by atoms with Gasteiger partial charge in [0.05, 0.1) is 18.2 Å². The molecule has 1 aromatic carbocycles. The minimum atomic E-state index is -3.67. The fourth-order valence-corrected chi connectivity index (χ4v) is 3.79. The summed E-state index contributed by atoms with van der Waals surface area (Å²) < 4.78 is 33.6. The molecule has 0 N–H and O–H groups in total. The number of aryl methyl sites for hydroxylation is 1. The zero-order valence-electron chi connectivity index (χ0n) is 16.8. The van der Waals surface area contributed by atoms with Crippen molar-refractivity contribution in [2.45, 2.75) is 43.4 Å². The summed E-state index contributed by atoms with van der Waals surface area (Å²) in [4.78, 5) is 20.7. The Balaban J connectivity index is 1.39. The third-order valence-corrected chi connectivity index (χ3v) is 5.96. The Morgan fingerprint density at radius 2 is 1.87 bits per heavy atom. The van der Waals surface area contributed by atoms with Crippen LogP contribution in [0.4, 0.5) is 0 Å². The summed E-state index contributed by atoms with van der Waals surface area (Å²) in [6.07, 6.45) is 7.83. The van der Waals surface area contributed by atoms with E-state index in [1.54, 1.807) is 24.4 Å². The van der Waals surface area contributed by atoms with Crippen LogP contribution in [0.5, 0.6) is 0 Å². The van der Waals surface area contributed by atoms with Gasteiger partial charge in [-0.05, 0) is 49.1 Å². The zero-order valence-corrected chi connectivity index (χ0v) is 17.6. The molecule has 0 spiro atoms. The number of ketones is 1. The smallest absolute Gasteiger partial charge is 0.296 e. The molecule has 0 amide bonds. The van der Waals surface area contributed by atoms with Crippen LogP contribution in [0.3, 0.4) is 0 Å². The molecule has 158 valence electrons. The zero-order chi connectivity index (χ0) is 21.4. The van der Waals surface area contributed by atoms with Crippen LogP contribution >= 0.6 is 0 Å². The van der Waals surface area contributed by atoms with Crippen LogP contribution in [0.15, 0.2) is 64.2 Å². The summed E-state index contributed by atoms with van der Waals surface area (Å²) in [6, 6.07) is 12.2. The Morgan fingerprint density at radius 1 is 1.03 bits per heavy atom. The van der Waals surface area contributed by atoms with Gasteiger partial charge in [0.25, 0.3) is 16.0 Å². The molecule has 7 nitrogen and oxygen atoms in total. The van der Waals surface area contributed by atoms with Crippen molar-refractivity contribution in [1.29, 1.82) is 0 Å². The maximum Gasteiger partial charge on any atom is 0.296 e. The first kappa shape index (κ1) is 21.9. The summed E-state index contributed by atoms with van der Waals surface area (Å²) >= 11 is 0. The number of rotatable bonds is 11. The normalized spacial score (nSPS) is 11.5. The number of pyridine rings is 1. The average molecular weight is 429 g/mol. The maximum atomic E-state index is 12.3. The van der Waals surface area contributed by atoms with E-state index >= 15 is 0 Å². The molecule has 0 saturated carbocycles. The van der Waals surface area contributed by atoms with E-state index in [0.717, 1.165) is 44.8 Å². The van der Waals surface area contributed by atoms with Gasteiger partial charge in [-0.3, -0.25) is 14.0 Å². The van der Waals surface area contributed by atoms with E-state index in [2.05, 4.69) is 14.2 Å². The minimum Gasteiger partial charge on any atom is -0.432 e. The molecule has 30 heavy (non-hydrogen) atoms. The molecule has 2 heterocycles. The summed E-state index contributed by atoms with van der Waals surface area (Å²) in [5.74, 6) is 0.484. The van der Waals surface area contributed by atoms with Gasteiger partial charge in [0.15, 0.2) is 5.76 Å². The second kappa shape index (κ2) is 10.3. The molecule has 0 fully saturated rings. The highest BCUT2D eigenvalue weighted by Gasteiger charge is 2.15. The van der Waals surface area contributed by atoms with Gasteiger partial charge < -0.3 is 4.42 Å². The second-order valence-electron chi connectivity index (χ2n) is 6.85. The second-order valence-corrected chi connectivity index (χ2v) is 8.56. The number of aromatic nitrogens is 2. The topological polar surface area (TPSA) is 99.4 Å². The number of nitrogens with zero attached hydrogens (tertiary/aromatic N) is 2. The predicted molar refractivity (Wildman–Crippen MR) is 111 cm³/mol. The first-order valence-corrected chi connectivity index (χ1v) is 11.2. The molecule has 0 aliphatic heterocycles. The Bertz CT molecular complexity index is 1080. The Labute approximate surface area is 176 Å². The third-order valence-electron chi connectivity index (χ3n) is 4.69. The molecule has 0 aliphatic carbocycles. The van der Waals surface area contributed by atoms with Crippen LogP contribution in [-0.4, -0.2) is 31.3 Å². The van der Waals surface area contributed by atoms with E-state index in [4.69, 9.17) is 4.42 Å². The number of carbonyl (C=O) groups excluding carboxylic acids is 1. The van der Waals surface area contributed by atoms with Crippen LogP contribution in [0.2, 0.25) is 0 Å². The number of Topliss-reactive ketones (excluding diaryl/α,β-unsaturated/α-hetero) is 1. The molecule has 0 unspecified atom stereocenters. The highest BCUT2D eigenvalue weighted by molar-refractivity contribution is 7.86. The van der Waals surface area contributed by atoms with Crippen molar-refractivity contribution >= 4 is 15.9 Å². The number of hydrogen-bond acceptors (Lipinski definition) is 7. The molecule has 0 saturated heterocycles. The highest BCUT2D eigenvalue weighted by Crippen LogP contribution is 2.19. The van der Waals surface area contributed by atoms with Gasteiger partial charge in [0.1, 0.15) is 5.69 Å². The van der Waals surface area contributed by atoms with Gasteiger partial charge in [0.2, 0.25) is 5.78 Å². The van der Waals surface area contributed by atoms with E-state index in [9.17, 15) is 13.2 Å². The van der Waals surface area contributed by atoms with E-state index in [1.165, 1.54) is 12.3 Å². The van der Waals surface area contributed by atoms with E-state index in [0.29, 0.717) is 17.9 Å². The summed E-state index contributed by atoms with van der Waals surface area (Å²) in [6.45, 7) is 0. The van der Waals surface area contributed by atoms with Crippen molar-refractivity contribution in [3.05, 3.63) is 66.3 Å². The fourth-order valence-electron chi connectivity index (χ4n) is 3.06. The highest BCUT2D eigenvalue weighted by atomic mass is 32.2. The quantitative estimate of drug-likeness (QED) is 0.253. The number of carbonyl (C=O) groups is 1. The number of unbranched alkanes of at least 4 members (excludes halogenated alkanes) is 3. The van der Waals surface area contributed by atoms with Crippen LogP contribution < -0.4 is 0 Å². The lowest BCUT2D eigenvalue weighted by molar-refractivity contribution is 0.0946. The van der Waals surface area contributed by atoms with Gasteiger partial charge in [-0.1, -0.05) is 31.0 Å². The van der Waals surface area contributed by atoms with Crippen molar-refractivity contribution in [3.63, 3.8) is 0 Å². The lowest BCUT2D eigenvalue weighted by Gasteiger charge is -2.05. The molecule has 0 radical (unpaired) electrons. The van der Waals surface area contributed by atoms with Crippen molar-refractivity contribution in [2.75, 3.05) is 7.11 Å². The lowest BCUT2D eigenvalue weighted by Crippen LogP contribution is -2.03. The summed E-state index contributed by atoms with van der Waals surface area (Å²) in [7, 11) is -2.51. The molecule has 8 heteroatoms. The first-order valence-electron chi connectivity index (χ1n) is 9.79. The SMILES string of the molecule is COS(=O)(=O)c1cccc(CCCCCCC(=O)c2ncc(-c3ccccn3)o2)c1. The molecule has 3 aromatic rings. The van der Waals surface area contributed by atoms with E-state index in [-0.39, 0.29) is 16.6 Å². The predicted octanol–water partition coefficient (Wildman–Crippen LogP) is 4.45. The molecule has 3 rings (SSSR count). The van der Waals surface area contributed by atoms with Crippen LogP contribution in [0.25, 0.3) is 11.5 Å². The van der Waals surface area contributed by atoms with E-state index in [1.807, 2.05) is 18.2 Å². The number of hydrogen-bond donors (Lipinski definition) is 0. The Kier molecular flexibility index (Phi) is 7.48. The van der Waals surface area contributed by atoms with Crippen LogP contribution in [-0.2, 0) is 20.7 Å². The molecule has 0 aliphatic rings. The monoisotopic (exact) mass is 428 g/mol. The molecular formula is C22H24N2O5S. The van der Waals surface area contributed by atoms with Gasteiger partial charge in [-0.2, -0.15) is 8.42 Å². The largest absolute Gasteiger partial charge is 0.432 e. The fraction of sp³-hybridized carbons (Fsp3) is 0.318. The third kappa shape index (κ3) is 5.84. The first-order chi connectivity index (χ1) is 14.5. The summed E-state index contributed by atoms with van der Waals surface area (Å²) in [5, 5.41) is 0. The van der Waals surface area contributed by atoms with Gasteiger partial charge >= 0.3 is 0 Å². The minimum absolute atomic E-state index is 0.116. The maximum absolute atomic E-state index is 12.3. The molecule has 0 bridgehead atoms. The van der Waals surface area contributed by atoms with Gasteiger partial charge in [-0.25, -0.2) is 4.98 Å². The van der Waals surface area contributed by atoms with E-state index < -0.39 is 10.1 Å². The van der Waals surface area contributed by atoms with Crippen molar-refractivity contribution in [2.24, 2.45) is 0 Å². The Hall–Kier alpha value is -2.84. The summed E-state index contributed by atoms with van der Waals surface area (Å²) in [5.41, 5.74) is 1.59. The molecule has 2 aromatic heterocycles. The Morgan fingerprint density at radius 3 is 2.63 bits per heavy atom. The lowest BCUT2D eigenvalue weighted by atomic mass is 10.0. The molecule has 0 atom stereocenters. The average Bonchev–Trinajstić information content (AvgIpc) is 3.27. The number of oxazole rings is 1. The van der Waals surface area contributed by atoms with Crippen molar-refractivity contribution < 1.29 is 21.8 Å².